The fourth-order valence-corrected chi connectivity index (χ4v) is 4.49. The van der Waals surface area contributed by atoms with Crippen molar-refractivity contribution in [3.8, 4) is 22.5 Å². The molecule has 0 amide bonds. The van der Waals surface area contributed by atoms with Crippen LogP contribution in [0.3, 0.4) is 0 Å². The van der Waals surface area contributed by atoms with Crippen molar-refractivity contribution in [1.29, 1.82) is 0 Å². The number of benzene rings is 2. The molecule has 0 aliphatic carbocycles. The zero-order chi connectivity index (χ0) is 24.6. The van der Waals surface area contributed by atoms with E-state index in [0.29, 0.717) is 36.2 Å². The van der Waals surface area contributed by atoms with Crippen molar-refractivity contribution in [2.24, 2.45) is 7.05 Å². The SMILES string of the molecule is Cc1nn(C)c2cc(-c3cc(Nc4ccc(-c5[nH]ncc5F)cc4)nc(N4CCOCC4)n3)ccc12. The summed E-state index contributed by atoms with van der Waals surface area (Å²) < 4.78 is 21.3. The second-order valence-corrected chi connectivity index (χ2v) is 8.77. The third kappa shape index (κ3) is 4.16. The maximum absolute atomic E-state index is 13.9. The predicted molar refractivity (Wildman–Crippen MR) is 137 cm³/mol. The van der Waals surface area contributed by atoms with Gasteiger partial charge < -0.3 is 15.0 Å². The lowest BCUT2D eigenvalue weighted by Crippen LogP contribution is -2.37. The molecule has 0 saturated carbocycles. The Morgan fingerprint density at radius 2 is 1.78 bits per heavy atom. The Bertz CT molecular complexity index is 1540. The van der Waals surface area contributed by atoms with Gasteiger partial charge in [0.1, 0.15) is 11.5 Å². The molecule has 5 aromatic rings. The quantitative estimate of drug-likeness (QED) is 0.380. The lowest BCUT2D eigenvalue weighted by Gasteiger charge is -2.27. The van der Waals surface area contributed by atoms with E-state index in [1.807, 2.05) is 49.0 Å². The zero-order valence-corrected chi connectivity index (χ0v) is 20.0. The van der Waals surface area contributed by atoms with Crippen molar-refractivity contribution in [2.75, 3.05) is 36.5 Å². The molecular weight excluding hydrogens is 459 g/mol. The van der Waals surface area contributed by atoms with Crippen molar-refractivity contribution >= 4 is 28.4 Å². The van der Waals surface area contributed by atoms with E-state index < -0.39 is 0 Å². The molecule has 1 aliphatic heterocycles. The third-order valence-corrected chi connectivity index (χ3v) is 6.38. The van der Waals surface area contributed by atoms with E-state index in [9.17, 15) is 4.39 Å². The molecule has 2 aromatic carbocycles. The highest BCUT2D eigenvalue weighted by molar-refractivity contribution is 5.86. The number of aromatic nitrogens is 6. The van der Waals surface area contributed by atoms with E-state index in [2.05, 4.69) is 43.7 Å². The van der Waals surface area contributed by atoms with Crippen LogP contribution in [0.25, 0.3) is 33.4 Å². The lowest BCUT2D eigenvalue weighted by atomic mass is 10.1. The Morgan fingerprint density at radius 3 is 2.53 bits per heavy atom. The average molecular weight is 485 g/mol. The number of hydrogen-bond donors (Lipinski definition) is 2. The molecule has 0 unspecified atom stereocenters. The molecule has 36 heavy (non-hydrogen) atoms. The van der Waals surface area contributed by atoms with Crippen molar-refractivity contribution in [2.45, 2.75) is 6.92 Å². The van der Waals surface area contributed by atoms with Gasteiger partial charge in [0.2, 0.25) is 5.95 Å². The second-order valence-electron chi connectivity index (χ2n) is 8.77. The summed E-state index contributed by atoms with van der Waals surface area (Å²) in [4.78, 5) is 11.8. The fourth-order valence-electron chi connectivity index (χ4n) is 4.49. The highest BCUT2D eigenvalue weighted by Gasteiger charge is 2.17. The number of anilines is 3. The van der Waals surface area contributed by atoms with E-state index in [1.165, 1.54) is 6.20 Å². The molecule has 6 rings (SSSR count). The van der Waals surface area contributed by atoms with Crippen LogP contribution in [-0.4, -0.2) is 56.2 Å². The summed E-state index contributed by atoms with van der Waals surface area (Å²) in [6.07, 6.45) is 1.17. The highest BCUT2D eigenvalue weighted by atomic mass is 19.1. The minimum absolute atomic E-state index is 0.362. The molecule has 4 heterocycles. The molecule has 9 nitrogen and oxygen atoms in total. The number of hydrogen-bond acceptors (Lipinski definition) is 7. The van der Waals surface area contributed by atoms with Crippen molar-refractivity contribution in [3.63, 3.8) is 0 Å². The number of nitrogens with one attached hydrogen (secondary N) is 2. The number of ether oxygens (including phenoxy) is 1. The van der Waals surface area contributed by atoms with Gasteiger partial charge in [0.05, 0.1) is 36.3 Å². The van der Waals surface area contributed by atoms with Gasteiger partial charge in [-0.2, -0.15) is 15.2 Å². The number of H-pyrrole nitrogens is 1. The van der Waals surface area contributed by atoms with Gasteiger partial charge in [-0.05, 0) is 25.1 Å². The van der Waals surface area contributed by atoms with Crippen molar-refractivity contribution < 1.29 is 9.13 Å². The van der Waals surface area contributed by atoms with Crippen LogP contribution >= 0.6 is 0 Å². The number of aromatic amines is 1. The largest absolute Gasteiger partial charge is 0.378 e. The maximum Gasteiger partial charge on any atom is 0.228 e. The van der Waals surface area contributed by atoms with Gasteiger partial charge in [-0.3, -0.25) is 9.78 Å². The Morgan fingerprint density at radius 1 is 1.00 bits per heavy atom. The van der Waals surface area contributed by atoms with E-state index in [1.54, 1.807) is 0 Å². The van der Waals surface area contributed by atoms with Crippen LogP contribution in [0.2, 0.25) is 0 Å². The first-order valence-electron chi connectivity index (χ1n) is 11.8. The first-order chi connectivity index (χ1) is 17.5. The summed E-state index contributed by atoms with van der Waals surface area (Å²) in [5.41, 5.74) is 5.74. The van der Waals surface area contributed by atoms with Gasteiger partial charge in [0.25, 0.3) is 0 Å². The Kier molecular flexibility index (Phi) is 5.57. The van der Waals surface area contributed by atoms with Crippen LogP contribution in [0.4, 0.5) is 21.8 Å². The van der Waals surface area contributed by atoms with Crippen LogP contribution < -0.4 is 10.2 Å². The molecule has 2 N–H and O–H groups in total. The molecular formula is C26H25FN8O. The summed E-state index contributed by atoms with van der Waals surface area (Å²) in [6.45, 7) is 4.75. The third-order valence-electron chi connectivity index (χ3n) is 6.38. The first kappa shape index (κ1) is 22.2. The molecule has 3 aromatic heterocycles. The number of fused-ring (bicyclic) bond motifs is 1. The summed E-state index contributed by atoms with van der Waals surface area (Å²) >= 11 is 0. The molecule has 0 bridgehead atoms. The Labute approximate surface area is 207 Å². The molecule has 182 valence electrons. The van der Waals surface area contributed by atoms with Crippen molar-refractivity contribution in [1.82, 2.24) is 29.9 Å². The molecule has 1 saturated heterocycles. The van der Waals surface area contributed by atoms with Crippen molar-refractivity contribution in [3.05, 3.63) is 66.2 Å². The summed E-state index contributed by atoms with van der Waals surface area (Å²) in [7, 11) is 1.95. The molecule has 0 radical (unpaired) electrons. The normalized spacial score (nSPS) is 13.9. The summed E-state index contributed by atoms with van der Waals surface area (Å²) in [6, 6.07) is 15.6. The molecule has 0 atom stereocenters. The Hall–Kier alpha value is -4.31. The minimum atomic E-state index is -0.383. The standard InChI is InChI=1S/C26H25FN8O/c1-16-20-8-5-18(13-23(20)34(2)33-16)22-14-24(31-26(30-22)35-9-11-36-12-10-35)29-19-6-3-17(4-7-19)25-21(27)15-28-32-25/h3-8,13-15H,9-12H2,1-2H3,(H,28,32)(H,29,30,31). The predicted octanol–water partition coefficient (Wildman–Crippen LogP) is 4.45. The topological polar surface area (TPSA) is 96.8 Å². The number of halogens is 1. The fraction of sp³-hybridized carbons (Fsp3) is 0.231. The number of rotatable bonds is 5. The van der Waals surface area contributed by atoms with Crippen LogP contribution in [-0.2, 0) is 11.8 Å². The molecule has 10 heteroatoms. The average Bonchev–Trinajstić information content (AvgIpc) is 3.46. The van der Waals surface area contributed by atoms with E-state index >= 15 is 0 Å². The second kappa shape index (κ2) is 9.04. The van der Waals surface area contributed by atoms with E-state index in [-0.39, 0.29) is 5.82 Å². The molecule has 1 fully saturated rings. The van der Waals surface area contributed by atoms with Gasteiger partial charge in [-0.1, -0.05) is 24.3 Å². The monoisotopic (exact) mass is 484 g/mol. The zero-order valence-electron chi connectivity index (χ0n) is 20.0. The smallest absolute Gasteiger partial charge is 0.228 e. The highest BCUT2D eigenvalue weighted by Crippen LogP contribution is 2.29. The van der Waals surface area contributed by atoms with E-state index in [0.717, 1.165) is 46.6 Å². The number of nitrogens with zero attached hydrogens (tertiary/aromatic N) is 6. The van der Waals surface area contributed by atoms with Gasteiger partial charge in [0.15, 0.2) is 5.82 Å². The number of morpholine rings is 1. The van der Waals surface area contributed by atoms with Gasteiger partial charge in [0, 0.05) is 48.4 Å². The molecule has 1 aliphatic rings. The summed E-state index contributed by atoms with van der Waals surface area (Å²) in [5.74, 6) is 0.936. The van der Waals surface area contributed by atoms with Gasteiger partial charge in [-0.25, -0.2) is 9.37 Å². The van der Waals surface area contributed by atoms with Crippen LogP contribution in [0.5, 0.6) is 0 Å². The molecule has 0 spiro atoms. The van der Waals surface area contributed by atoms with E-state index in [4.69, 9.17) is 14.7 Å². The Balaban J connectivity index is 1.37. The lowest BCUT2D eigenvalue weighted by molar-refractivity contribution is 0.122. The van der Waals surface area contributed by atoms with Crippen LogP contribution in [0.1, 0.15) is 5.69 Å². The minimum Gasteiger partial charge on any atom is -0.378 e. The first-order valence-corrected chi connectivity index (χ1v) is 11.8. The maximum atomic E-state index is 13.9. The summed E-state index contributed by atoms with van der Waals surface area (Å²) in [5, 5.41) is 15.5. The van der Waals surface area contributed by atoms with Gasteiger partial charge >= 0.3 is 0 Å². The number of aryl methyl sites for hydroxylation is 2. The van der Waals surface area contributed by atoms with Crippen LogP contribution in [0.15, 0.2) is 54.7 Å². The van der Waals surface area contributed by atoms with Gasteiger partial charge in [-0.15, -0.1) is 0 Å². The van der Waals surface area contributed by atoms with Crippen LogP contribution in [0, 0.1) is 12.7 Å².